The molecule has 42 heavy (non-hydrogen) atoms. The van der Waals surface area contributed by atoms with E-state index in [9.17, 15) is 39.9 Å². The summed E-state index contributed by atoms with van der Waals surface area (Å²) in [6.07, 6.45) is -5.28. The highest BCUT2D eigenvalue weighted by Crippen LogP contribution is 2.52. The van der Waals surface area contributed by atoms with Crippen molar-refractivity contribution in [3.05, 3.63) is 68.7 Å². The van der Waals surface area contributed by atoms with Crippen LogP contribution in [-0.2, 0) is 34.3 Å². The third-order valence-corrected chi connectivity index (χ3v) is 6.94. The highest BCUT2D eigenvalue weighted by atomic mass is 79.9. The van der Waals surface area contributed by atoms with Crippen molar-refractivity contribution < 1.29 is 44.7 Å². The number of halogens is 9. The lowest BCUT2D eigenvalue weighted by atomic mass is 9.89. The Hall–Kier alpha value is -3.34. The summed E-state index contributed by atoms with van der Waals surface area (Å²) in [6.45, 7) is -0.564. The molecule has 2 N–H and O–H groups in total. The smallest absolute Gasteiger partial charge is 0.290 e. The molecule has 4 rings (SSSR count). The van der Waals surface area contributed by atoms with Crippen LogP contribution < -0.4 is 10.6 Å². The number of alkyl halides is 6. The first kappa shape index (κ1) is 31.6. The highest BCUT2D eigenvalue weighted by molar-refractivity contribution is 9.10. The number of aromatic nitrogens is 4. The summed E-state index contributed by atoms with van der Waals surface area (Å²) < 4.78 is 119. The molecule has 1 unspecified atom stereocenters. The zero-order valence-corrected chi connectivity index (χ0v) is 23.3. The fraction of sp³-hybridized carbons (Fsp3) is 0.440. The molecular formula is C25H23BrF8N6O2. The molecule has 1 aliphatic carbocycles. The minimum absolute atomic E-state index is 0.0693. The molecule has 0 aliphatic heterocycles. The fourth-order valence-corrected chi connectivity index (χ4v) is 5.04. The van der Waals surface area contributed by atoms with Gasteiger partial charge in [0.1, 0.15) is 29.6 Å². The average molecular weight is 671 g/mol. The molecule has 0 saturated carbocycles. The molecule has 228 valence electrons. The van der Waals surface area contributed by atoms with Gasteiger partial charge in [0.25, 0.3) is 18.3 Å². The molecule has 2 aromatic heterocycles. The van der Waals surface area contributed by atoms with Gasteiger partial charge in [-0.05, 0) is 40.0 Å². The second kappa shape index (κ2) is 12.5. The van der Waals surface area contributed by atoms with Crippen LogP contribution in [0.4, 0.5) is 41.1 Å². The number of carbonyl (C=O) groups is 1. The Bertz CT molecular complexity index is 1430. The van der Waals surface area contributed by atoms with E-state index >= 15 is 0 Å². The van der Waals surface area contributed by atoms with Gasteiger partial charge in [0.15, 0.2) is 0 Å². The number of hydrogen-bond donors (Lipinski definition) is 2. The molecule has 3 aromatic rings. The van der Waals surface area contributed by atoms with E-state index in [1.165, 1.54) is 13.3 Å². The predicted molar refractivity (Wildman–Crippen MR) is 135 cm³/mol. The number of fused-ring (bicyclic) bond motifs is 1. The summed E-state index contributed by atoms with van der Waals surface area (Å²) in [7, 11) is 1.47. The normalized spacial score (nSPS) is 16.3. The summed E-state index contributed by atoms with van der Waals surface area (Å²) in [4.78, 5) is 21.5. The number of ether oxygens (including phenoxy) is 1. The first-order chi connectivity index (χ1) is 19.7. The van der Waals surface area contributed by atoms with E-state index in [-0.39, 0.29) is 39.4 Å². The first-order valence-corrected chi connectivity index (χ1v) is 13.2. The molecule has 0 fully saturated rings. The number of nitrogens with zero attached hydrogens (tertiary/aromatic N) is 4. The minimum atomic E-state index is -4.01. The van der Waals surface area contributed by atoms with Gasteiger partial charge in [0.05, 0.1) is 28.4 Å². The number of methoxy groups -OCH3 is 1. The molecule has 17 heteroatoms. The summed E-state index contributed by atoms with van der Waals surface area (Å²) in [5.41, 5.74) is -4.45. The second-order valence-electron chi connectivity index (χ2n) is 9.42. The third kappa shape index (κ3) is 6.99. The van der Waals surface area contributed by atoms with Crippen LogP contribution in [0.2, 0.25) is 0 Å². The first-order valence-electron chi connectivity index (χ1n) is 12.4. The van der Waals surface area contributed by atoms with Crippen LogP contribution in [0.25, 0.3) is 0 Å². The van der Waals surface area contributed by atoms with Crippen molar-refractivity contribution in [1.82, 2.24) is 25.1 Å². The van der Waals surface area contributed by atoms with E-state index in [2.05, 4.69) is 41.6 Å². The summed E-state index contributed by atoms with van der Waals surface area (Å²) in [6, 6.07) is 1.43. The zero-order valence-electron chi connectivity index (χ0n) is 21.7. The van der Waals surface area contributed by atoms with Gasteiger partial charge in [0, 0.05) is 38.8 Å². The minimum Gasteiger partial charge on any atom is -0.383 e. The number of rotatable bonds is 11. The lowest BCUT2D eigenvalue weighted by Crippen LogP contribution is -2.37. The maximum atomic E-state index is 14.8. The quantitative estimate of drug-likeness (QED) is 0.198. The Kier molecular flexibility index (Phi) is 9.39. The molecule has 2 heterocycles. The molecule has 0 bridgehead atoms. The summed E-state index contributed by atoms with van der Waals surface area (Å²) in [5.74, 6) is -10.8. The molecule has 1 amide bonds. The molecule has 0 spiro atoms. The molecule has 0 saturated heterocycles. The Balaban J connectivity index is 1.69. The Morgan fingerprint density at radius 2 is 1.76 bits per heavy atom. The topological polar surface area (TPSA) is 94.0 Å². The SMILES string of the molecule is COCCNc1ncc(Br)c(C(Cc2cc(F)cc(F)c2)NC(=O)Cn2nc(C(F)F)c3c2C(F)(F)CCC3(F)F)n1. The van der Waals surface area contributed by atoms with Crippen LogP contribution in [0.5, 0.6) is 0 Å². The molecule has 1 aromatic carbocycles. The predicted octanol–water partition coefficient (Wildman–Crippen LogP) is 5.79. The monoisotopic (exact) mass is 670 g/mol. The number of benzene rings is 1. The van der Waals surface area contributed by atoms with Gasteiger partial charge in [-0.15, -0.1) is 0 Å². The maximum absolute atomic E-state index is 14.8. The Morgan fingerprint density at radius 1 is 1.10 bits per heavy atom. The van der Waals surface area contributed by atoms with Gasteiger partial charge in [-0.25, -0.2) is 36.3 Å². The Morgan fingerprint density at radius 3 is 2.40 bits per heavy atom. The maximum Gasteiger partial charge on any atom is 0.290 e. The van der Waals surface area contributed by atoms with Crippen LogP contribution in [0.3, 0.4) is 0 Å². The molecule has 0 radical (unpaired) electrons. The second-order valence-corrected chi connectivity index (χ2v) is 10.3. The van der Waals surface area contributed by atoms with Gasteiger partial charge in [-0.2, -0.15) is 13.9 Å². The molecule has 1 aliphatic rings. The lowest BCUT2D eigenvalue weighted by Gasteiger charge is -2.29. The summed E-state index contributed by atoms with van der Waals surface area (Å²) in [5, 5.41) is 8.60. The van der Waals surface area contributed by atoms with Crippen LogP contribution in [0.1, 0.15) is 53.5 Å². The number of anilines is 1. The number of carbonyl (C=O) groups excluding carboxylic acids is 1. The Labute approximate surface area is 242 Å². The van der Waals surface area contributed by atoms with Gasteiger partial charge >= 0.3 is 0 Å². The van der Waals surface area contributed by atoms with Crippen LogP contribution in [0, 0.1) is 11.6 Å². The van der Waals surface area contributed by atoms with Gasteiger partial charge < -0.3 is 15.4 Å². The van der Waals surface area contributed by atoms with E-state index in [0.29, 0.717) is 12.6 Å². The molecule has 1 atom stereocenters. The molecule has 8 nitrogen and oxygen atoms in total. The van der Waals surface area contributed by atoms with Crippen molar-refractivity contribution >= 4 is 27.8 Å². The van der Waals surface area contributed by atoms with Crippen LogP contribution in [0.15, 0.2) is 28.9 Å². The number of amides is 1. The highest BCUT2D eigenvalue weighted by Gasteiger charge is 2.55. The van der Waals surface area contributed by atoms with Crippen molar-refractivity contribution in [2.45, 2.75) is 50.1 Å². The van der Waals surface area contributed by atoms with Gasteiger partial charge in [0.2, 0.25) is 11.9 Å². The van der Waals surface area contributed by atoms with E-state index in [4.69, 9.17) is 4.74 Å². The van der Waals surface area contributed by atoms with E-state index < -0.39 is 78.2 Å². The van der Waals surface area contributed by atoms with Crippen molar-refractivity contribution in [3.63, 3.8) is 0 Å². The summed E-state index contributed by atoms with van der Waals surface area (Å²) >= 11 is 3.25. The number of hydrogen-bond acceptors (Lipinski definition) is 6. The average Bonchev–Trinajstić information content (AvgIpc) is 3.29. The zero-order chi connectivity index (χ0) is 30.8. The van der Waals surface area contributed by atoms with Crippen molar-refractivity contribution in [1.29, 1.82) is 0 Å². The van der Waals surface area contributed by atoms with Crippen molar-refractivity contribution in [2.24, 2.45) is 0 Å². The molecular weight excluding hydrogens is 648 g/mol. The van der Waals surface area contributed by atoms with E-state index in [0.717, 1.165) is 12.1 Å². The third-order valence-electron chi connectivity index (χ3n) is 6.33. The van der Waals surface area contributed by atoms with Gasteiger partial charge in [-0.3, -0.25) is 9.48 Å². The lowest BCUT2D eigenvalue weighted by molar-refractivity contribution is -0.123. The fourth-order valence-electron chi connectivity index (χ4n) is 4.57. The van der Waals surface area contributed by atoms with Crippen LogP contribution in [-0.4, -0.2) is 45.9 Å². The van der Waals surface area contributed by atoms with Crippen LogP contribution >= 0.6 is 15.9 Å². The van der Waals surface area contributed by atoms with Crippen molar-refractivity contribution in [2.75, 3.05) is 25.6 Å². The van der Waals surface area contributed by atoms with E-state index in [1.54, 1.807) is 0 Å². The van der Waals surface area contributed by atoms with Crippen molar-refractivity contribution in [3.8, 4) is 0 Å². The van der Waals surface area contributed by atoms with E-state index in [1.807, 2.05) is 0 Å². The largest absolute Gasteiger partial charge is 0.383 e. The standard InChI is InChI=1S/C25H23BrF8N6O2/c1-42-5-4-35-23-36-10-15(26)19(38-23)16(8-12-6-13(27)9-14(28)7-12)37-17(41)11-40-21-18(20(39-40)22(29)30)24(31,32)2-3-25(21,33)34/h6-7,9-10,16,22H,2-5,8,11H2,1H3,(H,37,41)(H,35,36,38). The van der Waals surface area contributed by atoms with Gasteiger partial charge in [-0.1, -0.05) is 0 Å². The number of nitrogens with one attached hydrogen (secondary N) is 2.